The molecule has 1 aliphatic heterocycles. The Morgan fingerprint density at radius 2 is 1.81 bits per heavy atom. The van der Waals surface area contributed by atoms with Gasteiger partial charge in [-0.15, -0.1) is 0 Å². The third-order valence-corrected chi connectivity index (χ3v) is 6.11. The smallest absolute Gasteiger partial charge is 0.254 e. The quantitative estimate of drug-likeness (QED) is 0.480. The van der Waals surface area contributed by atoms with Crippen LogP contribution in [-0.4, -0.2) is 32.6 Å². The average molecular weight is 360 g/mol. The van der Waals surface area contributed by atoms with Gasteiger partial charge in [-0.1, -0.05) is 18.2 Å². The molecule has 0 radical (unpaired) electrons. The predicted molar refractivity (Wildman–Crippen MR) is 100 cm³/mol. The molecule has 0 N–H and O–H groups in total. The third-order valence-electron chi connectivity index (χ3n) is 6.11. The molecule has 6 nitrogen and oxygen atoms in total. The summed E-state index contributed by atoms with van der Waals surface area (Å²) < 4.78 is 2.04. The maximum absolute atomic E-state index is 12.7. The normalized spacial score (nSPS) is 28.7. The lowest BCUT2D eigenvalue weighted by atomic mass is 9.85. The highest BCUT2D eigenvalue weighted by Gasteiger charge is 2.59. The van der Waals surface area contributed by atoms with Crippen molar-refractivity contribution in [2.24, 2.45) is 28.8 Å². The van der Waals surface area contributed by atoms with E-state index in [1.54, 1.807) is 12.4 Å². The van der Waals surface area contributed by atoms with E-state index in [2.05, 4.69) is 22.2 Å². The van der Waals surface area contributed by atoms with E-state index in [4.69, 9.17) is 0 Å². The molecule has 3 aliphatic rings. The van der Waals surface area contributed by atoms with Gasteiger partial charge >= 0.3 is 0 Å². The topological polar surface area (TPSA) is 67.6 Å². The van der Waals surface area contributed by atoms with Crippen LogP contribution in [0.3, 0.4) is 0 Å². The zero-order valence-electron chi connectivity index (χ0n) is 15.2. The van der Waals surface area contributed by atoms with Gasteiger partial charge in [0.15, 0.2) is 0 Å². The number of hydrazone groups is 1. The summed E-state index contributed by atoms with van der Waals surface area (Å²) in [6.45, 7) is 3.98. The number of amides is 2. The van der Waals surface area contributed by atoms with Gasteiger partial charge in [-0.05, 0) is 50.3 Å². The Hall–Kier alpha value is -3.02. The maximum atomic E-state index is 12.7. The van der Waals surface area contributed by atoms with Gasteiger partial charge in [0.2, 0.25) is 0 Å². The maximum Gasteiger partial charge on any atom is 0.254 e. The number of aryl methyl sites for hydroxylation is 1. The fraction of sp³-hybridized carbons (Fsp3) is 0.333. The molecular formula is C21H20N4O2. The van der Waals surface area contributed by atoms with Gasteiger partial charge in [-0.25, -0.2) is 4.98 Å². The van der Waals surface area contributed by atoms with Crippen molar-refractivity contribution in [1.29, 1.82) is 0 Å². The zero-order chi connectivity index (χ0) is 18.7. The summed E-state index contributed by atoms with van der Waals surface area (Å²) in [6, 6.07) is 7.75. The van der Waals surface area contributed by atoms with Crippen molar-refractivity contribution in [3.63, 3.8) is 0 Å². The number of pyridine rings is 1. The van der Waals surface area contributed by atoms with Gasteiger partial charge in [0.25, 0.3) is 11.8 Å². The zero-order valence-corrected chi connectivity index (χ0v) is 15.2. The van der Waals surface area contributed by atoms with Gasteiger partial charge in [-0.3, -0.25) is 9.59 Å². The van der Waals surface area contributed by atoms with Gasteiger partial charge in [0.05, 0.1) is 18.1 Å². The van der Waals surface area contributed by atoms with Crippen molar-refractivity contribution in [1.82, 2.24) is 14.6 Å². The molecule has 2 fully saturated rings. The number of imide groups is 1. The highest BCUT2D eigenvalue weighted by molar-refractivity contribution is 6.06. The highest BCUT2D eigenvalue weighted by Crippen LogP contribution is 2.52. The fourth-order valence-electron chi connectivity index (χ4n) is 4.88. The summed E-state index contributed by atoms with van der Waals surface area (Å²) in [5.74, 6) is 0.485. The first-order valence-electron chi connectivity index (χ1n) is 9.26. The second kappa shape index (κ2) is 5.74. The first-order valence-corrected chi connectivity index (χ1v) is 9.26. The van der Waals surface area contributed by atoms with Crippen molar-refractivity contribution in [3.8, 4) is 5.82 Å². The van der Waals surface area contributed by atoms with Crippen molar-refractivity contribution < 1.29 is 9.59 Å². The molecule has 2 aromatic rings. The van der Waals surface area contributed by atoms with Crippen LogP contribution in [0.25, 0.3) is 5.82 Å². The van der Waals surface area contributed by atoms with E-state index < -0.39 is 0 Å². The van der Waals surface area contributed by atoms with Crippen LogP contribution >= 0.6 is 0 Å². The molecule has 3 heterocycles. The molecule has 2 aliphatic carbocycles. The molecule has 0 unspecified atom stereocenters. The molecule has 5 rings (SSSR count). The van der Waals surface area contributed by atoms with Gasteiger partial charge < -0.3 is 4.57 Å². The van der Waals surface area contributed by atoms with Crippen molar-refractivity contribution >= 4 is 18.0 Å². The van der Waals surface area contributed by atoms with Crippen LogP contribution in [0.5, 0.6) is 0 Å². The second-order valence-corrected chi connectivity index (χ2v) is 7.58. The minimum atomic E-state index is -0.217. The van der Waals surface area contributed by atoms with E-state index in [9.17, 15) is 9.59 Å². The molecule has 136 valence electrons. The van der Waals surface area contributed by atoms with Crippen molar-refractivity contribution in [3.05, 3.63) is 59.6 Å². The first-order chi connectivity index (χ1) is 13.1. The minimum absolute atomic E-state index is 0.156. The summed E-state index contributed by atoms with van der Waals surface area (Å²) in [7, 11) is 0. The van der Waals surface area contributed by atoms with E-state index in [-0.39, 0.29) is 35.5 Å². The number of hydrogen-bond donors (Lipinski definition) is 0. The van der Waals surface area contributed by atoms with E-state index in [0.717, 1.165) is 34.2 Å². The Morgan fingerprint density at radius 1 is 1.11 bits per heavy atom. The van der Waals surface area contributed by atoms with Crippen LogP contribution in [0.1, 0.15) is 23.4 Å². The Kier molecular flexibility index (Phi) is 3.44. The molecule has 4 atom stereocenters. The standard InChI is InChI=1S/C21H20N4O2/c1-12-9-16(13(2)24(12)17-5-3-4-8-22-17)11-23-25-20(26)18-14-6-7-15(10-14)19(18)21(25)27/h3-9,11,14-15,18-19H,10H2,1-2H3/t14-,15-,18-,19+/m0/s1. The van der Waals surface area contributed by atoms with Crippen molar-refractivity contribution in [2.45, 2.75) is 20.3 Å². The molecular weight excluding hydrogens is 340 g/mol. The predicted octanol–water partition coefficient (Wildman–Crippen LogP) is 2.63. The molecule has 2 amide bonds. The van der Waals surface area contributed by atoms with Crippen LogP contribution < -0.4 is 0 Å². The minimum Gasteiger partial charge on any atom is -0.303 e. The number of fused-ring (bicyclic) bond motifs is 5. The molecule has 6 heteroatoms. The van der Waals surface area contributed by atoms with Gasteiger partial charge in [0, 0.05) is 23.1 Å². The summed E-state index contributed by atoms with van der Waals surface area (Å²) >= 11 is 0. The van der Waals surface area contributed by atoms with E-state index in [1.165, 1.54) is 0 Å². The van der Waals surface area contributed by atoms with Crippen molar-refractivity contribution in [2.75, 3.05) is 0 Å². The van der Waals surface area contributed by atoms with Crippen LogP contribution in [0.15, 0.2) is 47.7 Å². The van der Waals surface area contributed by atoms with E-state index in [0.29, 0.717) is 0 Å². The lowest BCUT2D eigenvalue weighted by Gasteiger charge is -2.13. The second-order valence-electron chi connectivity index (χ2n) is 7.58. The summed E-state index contributed by atoms with van der Waals surface area (Å²) in [6.07, 6.45) is 8.48. The molecule has 2 bridgehead atoms. The summed E-state index contributed by atoms with van der Waals surface area (Å²) in [4.78, 5) is 29.9. The monoisotopic (exact) mass is 360 g/mol. The number of nitrogens with zero attached hydrogens (tertiary/aromatic N) is 4. The Bertz CT molecular complexity index is 975. The van der Waals surface area contributed by atoms with E-state index in [1.807, 2.05) is 42.7 Å². The molecule has 1 saturated carbocycles. The Balaban J connectivity index is 1.44. The highest BCUT2D eigenvalue weighted by atomic mass is 16.2. The van der Waals surface area contributed by atoms with Crippen LogP contribution in [-0.2, 0) is 9.59 Å². The molecule has 0 spiro atoms. The number of hydrogen-bond acceptors (Lipinski definition) is 4. The largest absolute Gasteiger partial charge is 0.303 e. The average Bonchev–Trinajstić information content (AvgIpc) is 3.40. The third kappa shape index (κ3) is 2.25. The lowest BCUT2D eigenvalue weighted by molar-refractivity contribution is -0.140. The SMILES string of the molecule is Cc1cc(C=NN2C(=O)[C@@H]3[C@H](C2=O)[C@H]2C=C[C@H]3C2)c(C)n1-c1ccccn1. The summed E-state index contributed by atoms with van der Waals surface area (Å²) in [5.41, 5.74) is 2.86. The van der Waals surface area contributed by atoms with Crippen LogP contribution in [0.4, 0.5) is 0 Å². The molecule has 2 aromatic heterocycles. The van der Waals surface area contributed by atoms with Crippen LogP contribution in [0.2, 0.25) is 0 Å². The molecule has 0 aromatic carbocycles. The number of rotatable bonds is 3. The Labute approximate surface area is 157 Å². The molecule has 27 heavy (non-hydrogen) atoms. The lowest BCUT2D eigenvalue weighted by Crippen LogP contribution is -2.28. The van der Waals surface area contributed by atoms with Gasteiger partial charge in [0.1, 0.15) is 5.82 Å². The van der Waals surface area contributed by atoms with Crippen LogP contribution in [0, 0.1) is 37.5 Å². The summed E-state index contributed by atoms with van der Waals surface area (Å²) in [5, 5.41) is 5.38. The van der Waals surface area contributed by atoms with E-state index >= 15 is 0 Å². The van der Waals surface area contributed by atoms with Gasteiger partial charge in [-0.2, -0.15) is 10.1 Å². The Morgan fingerprint density at radius 3 is 2.44 bits per heavy atom. The fourth-order valence-corrected chi connectivity index (χ4v) is 4.88. The molecule has 1 saturated heterocycles. The number of aromatic nitrogens is 2. The number of carbonyl (C=O) groups is 2. The first kappa shape index (κ1) is 16.2. The number of allylic oxidation sites excluding steroid dienone is 2. The number of carbonyl (C=O) groups excluding carboxylic acids is 2.